The molecular weight excluding hydrogens is 280 g/mol. The molecule has 2 amide bonds. The van der Waals surface area contributed by atoms with Crippen LogP contribution in [0, 0.1) is 0 Å². The van der Waals surface area contributed by atoms with Crippen molar-refractivity contribution in [1.82, 2.24) is 4.90 Å². The van der Waals surface area contributed by atoms with Crippen molar-refractivity contribution in [1.29, 1.82) is 0 Å². The second kappa shape index (κ2) is 5.70. The summed E-state index contributed by atoms with van der Waals surface area (Å²) in [5.74, 6) is 0.634. The van der Waals surface area contributed by atoms with E-state index in [1.54, 1.807) is 17.0 Å². The Kier molecular flexibility index (Phi) is 4.17. The van der Waals surface area contributed by atoms with Crippen molar-refractivity contribution in [2.24, 2.45) is 5.73 Å². The van der Waals surface area contributed by atoms with Crippen LogP contribution in [-0.4, -0.2) is 44.8 Å². The molecule has 1 aliphatic rings. The largest absolute Gasteiger partial charge is 0.490 e. The number of nitrogens with two attached hydrogens (primary N) is 1. The predicted molar refractivity (Wildman–Crippen MR) is 74.4 cm³/mol. The fourth-order valence-corrected chi connectivity index (χ4v) is 2.78. The molecule has 110 valence electrons. The molecule has 0 spiro atoms. The second-order valence-corrected chi connectivity index (χ2v) is 6.90. The van der Waals surface area contributed by atoms with Gasteiger partial charge in [0, 0.05) is 32.2 Å². The summed E-state index contributed by atoms with van der Waals surface area (Å²) in [4.78, 5) is 12.9. The number of piperidine rings is 1. The summed E-state index contributed by atoms with van der Waals surface area (Å²) in [5, 5.41) is 0. The van der Waals surface area contributed by atoms with Gasteiger partial charge >= 0.3 is 6.03 Å². The molecular formula is C13H18N2O4S. The molecule has 1 aromatic carbocycles. The standard InChI is InChI=1S/C13H18N2O4S/c1-20(17,18)12-4-2-10(3-5-12)19-11-6-8-15(9-7-11)13(14)16/h2-5,11H,6-9H2,1H3,(H2,14,16). The van der Waals surface area contributed by atoms with Crippen LogP contribution >= 0.6 is 0 Å². The summed E-state index contributed by atoms with van der Waals surface area (Å²) in [6, 6.07) is 5.96. The van der Waals surface area contributed by atoms with Crippen LogP contribution in [0.2, 0.25) is 0 Å². The highest BCUT2D eigenvalue weighted by Gasteiger charge is 2.22. The maximum absolute atomic E-state index is 11.3. The maximum atomic E-state index is 11.3. The van der Waals surface area contributed by atoms with Gasteiger partial charge in [-0.2, -0.15) is 0 Å². The van der Waals surface area contributed by atoms with Crippen molar-refractivity contribution < 1.29 is 17.9 Å². The summed E-state index contributed by atoms with van der Waals surface area (Å²) in [6.07, 6.45) is 2.63. The Morgan fingerprint density at radius 2 is 1.80 bits per heavy atom. The number of carbonyl (C=O) groups is 1. The van der Waals surface area contributed by atoms with Crippen molar-refractivity contribution in [2.45, 2.75) is 23.8 Å². The number of benzene rings is 1. The highest BCUT2D eigenvalue weighted by molar-refractivity contribution is 7.90. The van der Waals surface area contributed by atoms with Crippen molar-refractivity contribution in [3.63, 3.8) is 0 Å². The van der Waals surface area contributed by atoms with Gasteiger partial charge in [-0.25, -0.2) is 13.2 Å². The van der Waals surface area contributed by atoms with Crippen LogP contribution in [0.5, 0.6) is 5.75 Å². The molecule has 1 saturated heterocycles. The first kappa shape index (κ1) is 14.6. The highest BCUT2D eigenvalue weighted by Crippen LogP contribution is 2.21. The molecule has 0 saturated carbocycles. The zero-order valence-corrected chi connectivity index (χ0v) is 12.1. The van der Waals surface area contributed by atoms with E-state index in [0.29, 0.717) is 18.8 Å². The van der Waals surface area contributed by atoms with E-state index in [-0.39, 0.29) is 11.0 Å². The number of hydrogen-bond donors (Lipinski definition) is 1. The topological polar surface area (TPSA) is 89.7 Å². The van der Waals surface area contributed by atoms with Gasteiger partial charge in [-0.1, -0.05) is 0 Å². The van der Waals surface area contributed by atoms with Gasteiger partial charge in [0.1, 0.15) is 11.9 Å². The van der Waals surface area contributed by atoms with Crippen LogP contribution in [-0.2, 0) is 9.84 Å². The van der Waals surface area contributed by atoms with Crippen LogP contribution in [0.3, 0.4) is 0 Å². The van der Waals surface area contributed by atoms with Gasteiger partial charge in [0.15, 0.2) is 9.84 Å². The van der Waals surface area contributed by atoms with E-state index < -0.39 is 15.9 Å². The molecule has 1 heterocycles. The van der Waals surface area contributed by atoms with Crippen molar-refractivity contribution in [3.05, 3.63) is 24.3 Å². The van der Waals surface area contributed by atoms with Crippen LogP contribution in [0.25, 0.3) is 0 Å². The fourth-order valence-electron chi connectivity index (χ4n) is 2.15. The Bertz CT molecular complexity index is 575. The van der Waals surface area contributed by atoms with Crippen molar-refractivity contribution in [3.8, 4) is 5.75 Å². The molecule has 0 bridgehead atoms. The average Bonchev–Trinajstić information content (AvgIpc) is 2.39. The fraction of sp³-hybridized carbons (Fsp3) is 0.462. The molecule has 2 rings (SSSR count). The number of primary amides is 1. The van der Waals surface area contributed by atoms with Gasteiger partial charge in [-0.15, -0.1) is 0 Å². The summed E-state index contributed by atoms with van der Waals surface area (Å²) in [7, 11) is -3.18. The van der Waals surface area contributed by atoms with Crippen molar-refractivity contribution >= 4 is 15.9 Å². The molecule has 1 aromatic rings. The van der Waals surface area contributed by atoms with Crippen LogP contribution in [0.4, 0.5) is 4.79 Å². The summed E-state index contributed by atoms with van der Waals surface area (Å²) >= 11 is 0. The number of rotatable bonds is 3. The zero-order chi connectivity index (χ0) is 14.8. The third kappa shape index (κ3) is 3.63. The first-order valence-electron chi connectivity index (χ1n) is 6.37. The normalized spacial score (nSPS) is 16.9. The zero-order valence-electron chi connectivity index (χ0n) is 11.3. The molecule has 1 fully saturated rings. The van der Waals surface area contributed by atoms with Crippen molar-refractivity contribution in [2.75, 3.05) is 19.3 Å². The van der Waals surface area contributed by atoms with E-state index in [0.717, 1.165) is 12.8 Å². The summed E-state index contributed by atoms with van der Waals surface area (Å²) < 4.78 is 28.5. The maximum Gasteiger partial charge on any atom is 0.314 e. The Hall–Kier alpha value is -1.76. The minimum Gasteiger partial charge on any atom is -0.490 e. The van der Waals surface area contributed by atoms with E-state index in [9.17, 15) is 13.2 Å². The number of nitrogens with zero attached hydrogens (tertiary/aromatic N) is 1. The van der Waals surface area contributed by atoms with Crippen LogP contribution in [0.1, 0.15) is 12.8 Å². The molecule has 0 aliphatic carbocycles. The molecule has 2 N–H and O–H groups in total. The number of urea groups is 1. The Morgan fingerprint density at radius 3 is 2.25 bits per heavy atom. The molecule has 0 aromatic heterocycles. The van der Waals surface area contributed by atoms with E-state index in [4.69, 9.17) is 10.5 Å². The predicted octanol–water partition coefficient (Wildman–Crippen LogP) is 1.01. The third-order valence-corrected chi connectivity index (χ3v) is 4.44. The monoisotopic (exact) mass is 298 g/mol. The van der Waals surface area contributed by atoms with Gasteiger partial charge in [-0.05, 0) is 24.3 Å². The van der Waals surface area contributed by atoms with E-state index >= 15 is 0 Å². The van der Waals surface area contributed by atoms with Gasteiger partial charge in [0.2, 0.25) is 0 Å². The van der Waals surface area contributed by atoms with Crippen LogP contribution in [0.15, 0.2) is 29.2 Å². The molecule has 0 radical (unpaired) electrons. The second-order valence-electron chi connectivity index (χ2n) is 4.89. The smallest absolute Gasteiger partial charge is 0.314 e. The number of amides is 2. The van der Waals surface area contributed by atoms with E-state index in [1.165, 1.54) is 18.4 Å². The number of sulfone groups is 1. The van der Waals surface area contributed by atoms with Crippen LogP contribution < -0.4 is 10.5 Å². The lowest BCUT2D eigenvalue weighted by molar-refractivity contribution is 0.114. The lowest BCUT2D eigenvalue weighted by Gasteiger charge is -2.31. The van der Waals surface area contributed by atoms with E-state index in [1.807, 2.05) is 0 Å². The molecule has 6 nitrogen and oxygen atoms in total. The molecule has 0 unspecified atom stereocenters. The molecule has 7 heteroatoms. The van der Waals surface area contributed by atoms with E-state index in [2.05, 4.69) is 0 Å². The number of carbonyl (C=O) groups excluding carboxylic acids is 1. The quantitative estimate of drug-likeness (QED) is 0.902. The minimum absolute atomic E-state index is 0.0229. The average molecular weight is 298 g/mol. The molecule has 20 heavy (non-hydrogen) atoms. The first-order valence-corrected chi connectivity index (χ1v) is 8.26. The van der Waals surface area contributed by atoms with Gasteiger partial charge in [0.25, 0.3) is 0 Å². The summed E-state index contributed by atoms with van der Waals surface area (Å²) in [6.45, 7) is 1.17. The molecule has 1 aliphatic heterocycles. The number of ether oxygens (including phenoxy) is 1. The molecule has 0 atom stereocenters. The first-order chi connectivity index (χ1) is 9.36. The Morgan fingerprint density at radius 1 is 1.25 bits per heavy atom. The van der Waals surface area contributed by atoms with Gasteiger partial charge < -0.3 is 15.4 Å². The van der Waals surface area contributed by atoms with Gasteiger partial charge in [-0.3, -0.25) is 0 Å². The lowest BCUT2D eigenvalue weighted by atomic mass is 10.1. The lowest BCUT2D eigenvalue weighted by Crippen LogP contribution is -2.44. The Labute approximate surface area is 118 Å². The van der Waals surface area contributed by atoms with Gasteiger partial charge in [0.05, 0.1) is 4.90 Å². The highest BCUT2D eigenvalue weighted by atomic mass is 32.2. The summed E-state index contributed by atoms with van der Waals surface area (Å²) in [5.41, 5.74) is 5.21. The number of likely N-dealkylation sites (tertiary alicyclic amines) is 1. The SMILES string of the molecule is CS(=O)(=O)c1ccc(OC2CCN(C(N)=O)CC2)cc1. The number of hydrogen-bond acceptors (Lipinski definition) is 4. The minimum atomic E-state index is -3.18. The third-order valence-electron chi connectivity index (χ3n) is 3.31. The Balaban J connectivity index is 1.93.